The zero-order valence-electron chi connectivity index (χ0n) is 10.0. The van der Waals surface area contributed by atoms with Crippen LogP contribution >= 0.6 is 11.6 Å². The molecule has 0 atom stereocenters. The zero-order chi connectivity index (χ0) is 14.0. The number of hydrogen-bond acceptors (Lipinski definition) is 1. The summed E-state index contributed by atoms with van der Waals surface area (Å²) in [6.07, 6.45) is 0. The summed E-state index contributed by atoms with van der Waals surface area (Å²) in [5.74, 6) is -2.79. The van der Waals surface area contributed by atoms with Gasteiger partial charge in [0.2, 0.25) is 0 Å². The normalized spacial score (nSPS) is 10.3. The minimum absolute atomic E-state index is 0.110. The van der Waals surface area contributed by atoms with Gasteiger partial charge in [-0.25, -0.2) is 8.78 Å². The maximum atomic E-state index is 13.1. The molecule has 0 bridgehead atoms. The first-order chi connectivity index (χ1) is 8.97. The molecular formula is C14H10ClF2NO. The SMILES string of the molecule is Cc1ccc(NC(=O)c2cc(F)c(F)cc2Cl)cc1. The number of rotatable bonds is 2. The highest BCUT2D eigenvalue weighted by Gasteiger charge is 2.15. The van der Waals surface area contributed by atoms with Gasteiger partial charge in [-0.2, -0.15) is 0 Å². The molecule has 1 N–H and O–H groups in total. The summed E-state index contributed by atoms with van der Waals surface area (Å²) in [4.78, 5) is 11.9. The Balaban J connectivity index is 2.25. The molecule has 19 heavy (non-hydrogen) atoms. The lowest BCUT2D eigenvalue weighted by molar-refractivity contribution is 0.102. The number of halogens is 3. The summed E-state index contributed by atoms with van der Waals surface area (Å²) in [5, 5.41) is 2.42. The molecule has 2 aromatic rings. The van der Waals surface area contributed by atoms with Crippen LogP contribution in [0.1, 0.15) is 15.9 Å². The molecule has 0 spiro atoms. The van der Waals surface area contributed by atoms with Gasteiger partial charge in [-0.05, 0) is 31.2 Å². The molecular weight excluding hydrogens is 272 g/mol. The second-order valence-electron chi connectivity index (χ2n) is 4.07. The largest absolute Gasteiger partial charge is 0.322 e. The Bertz CT molecular complexity index is 626. The minimum Gasteiger partial charge on any atom is -0.322 e. The van der Waals surface area contributed by atoms with Gasteiger partial charge in [-0.1, -0.05) is 29.3 Å². The van der Waals surface area contributed by atoms with Gasteiger partial charge < -0.3 is 5.32 Å². The minimum atomic E-state index is -1.11. The Morgan fingerprint density at radius 1 is 1.11 bits per heavy atom. The number of carbonyl (C=O) groups excluding carboxylic acids is 1. The smallest absolute Gasteiger partial charge is 0.257 e. The molecule has 0 aliphatic rings. The Hall–Kier alpha value is -1.94. The molecule has 98 valence electrons. The van der Waals surface area contributed by atoms with Crippen LogP contribution in [-0.2, 0) is 0 Å². The maximum absolute atomic E-state index is 13.1. The van der Waals surface area contributed by atoms with Crippen molar-refractivity contribution in [3.8, 4) is 0 Å². The highest BCUT2D eigenvalue weighted by Crippen LogP contribution is 2.21. The van der Waals surface area contributed by atoms with E-state index in [4.69, 9.17) is 11.6 Å². The molecule has 0 unspecified atom stereocenters. The lowest BCUT2D eigenvalue weighted by Gasteiger charge is -2.07. The third-order valence-corrected chi connectivity index (χ3v) is 2.88. The number of nitrogens with one attached hydrogen (secondary N) is 1. The quantitative estimate of drug-likeness (QED) is 0.822. The van der Waals surface area contributed by atoms with E-state index in [-0.39, 0.29) is 10.6 Å². The first-order valence-corrected chi connectivity index (χ1v) is 5.88. The van der Waals surface area contributed by atoms with Crippen molar-refractivity contribution in [2.24, 2.45) is 0 Å². The van der Waals surface area contributed by atoms with Gasteiger partial charge in [0.05, 0.1) is 10.6 Å². The average molecular weight is 282 g/mol. The predicted octanol–water partition coefficient (Wildman–Crippen LogP) is 4.18. The van der Waals surface area contributed by atoms with Crippen LogP contribution in [0, 0.1) is 18.6 Å². The number of carbonyl (C=O) groups is 1. The van der Waals surface area contributed by atoms with Gasteiger partial charge in [0.1, 0.15) is 0 Å². The molecule has 2 rings (SSSR count). The van der Waals surface area contributed by atoms with Crippen LogP contribution < -0.4 is 5.32 Å². The van der Waals surface area contributed by atoms with Crippen LogP contribution in [0.3, 0.4) is 0 Å². The molecule has 0 aliphatic heterocycles. The van der Waals surface area contributed by atoms with Crippen molar-refractivity contribution in [2.75, 3.05) is 5.32 Å². The highest BCUT2D eigenvalue weighted by molar-refractivity contribution is 6.34. The summed E-state index contributed by atoms with van der Waals surface area (Å²) < 4.78 is 26.0. The van der Waals surface area contributed by atoms with Crippen LogP contribution in [0.5, 0.6) is 0 Å². The van der Waals surface area contributed by atoms with Crippen molar-refractivity contribution in [1.82, 2.24) is 0 Å². The van der Waals surface area contributed by atoms with Crippen molar-refractivity contribution in [3.63, 3.8) is 0 Å². The summed E-state index contributed by atoms with van der Waals surface area (Å²) in [6.45, 7) is 1.91. The van der Waals surface area contributed by atoms with Crippen molar-refractivity contribution in [1.29, 1.82) is 0 Å². The van der Waals surface area contributed by atoms with Gasteiger partial charge in [0, 0.05) is 5.69 Å². The maximum Gasteiger partial charge on any atom is 0.257 e. The van der Waals surface area contributed by atoms with Gasteiger partial charge >= 0.3 is 0 Å². The van der Waals surface area contributed by atoms with Crippen molar-refractivity contribution in [3.05, 3.63) is 64.2 Å². The highest BCUT2D eigenvalue weighted by atomic mass is 35.5. The molecule has 0 aromatic heterocycles. The van der Waals surface area contributed by atoms with Gasteiger partial charge in [-0.3, -0.25) is 4.79 Å². The van der Waals surface area contributed by atoms with Gasteiger partial charge in [0.15, 0.2) is 11.6 Å². The van der Waals surface area contributed by atoms with Crippen LogP contribution in [-0.4, -0.2) is 5.91 Å². The second-order valence-corrected chi connectivity index (χ2v) is 4.47. The molecule has 1 amide bonds. The van der Waals surface area contributed by atoms with Gasteiger partial charge in [-0.15, -0.1) is 0 Å². The Kier molecular flexibility index (Phi) is 3.81. The molecule has 2 aromatic carbocycles. The average Bonchev–Trinajstić information content (AvgIpc) is 2.36. The third-order valence-electron chi connectivity index (χ3n) is 2.56. The van der Waals surface area contributed by atoms with Crippen molar-refractivity contribution in [2.45, 2.75) is 6.92 Å². The summed E-state index contributed by atoms with van der Waals surface area (Å²) in [5.41, 5.74) is 1.49. The first-order valence-electron chi connectivity index (χ1n) is 5.50. The van der Waals surface area contributed by atoms with E-state index in [2.05, 4.69) is 5.32 Å². The predicted molar refractivity (Wildman–Crippen MR) is 70.5 cm³/mol. The molecule has 0 saturated carbocycles. The zero-order valence-corrected chi connectivity index (χ0v) is 10.8. The summed E-state index contributed by atoms with van der Waals surface area (Å²) in [6, 6.07) is 8.62. The van der Waals surface area contributed by atoms with E-state index < -0.39 is 17.5 Å². The monoisotopic (exact) mass is 281 g/mol. The van der Waals surface area contributed by atoms with Crippen molar-refractivity contribution < 1.29 is 13.6 Å². The molecule has 0 aliphatic carbocycles. The van der Waals surface area contributed by atoms with Crippen LogP contribution in [0.4, 0.5) is 14.5 Å². The first kappa shape index (κ1) is 13.5. The van der Waals surface area contributed by atoms with E-state index in [1.165, 1.54) is 0 Å². The summed E-state index contributed by atoms with van der Waals surface area (Å²) >= 11 is 5.72. The fraction of sp³-hybridized carbons (Fsp3) is 0.0714. The third kappa shape index (κ3) is 3.09. The Morgan fingerprint density at radius 2 is 1.68 bits per heavy atom. The fourth-order valence-electron chi connectivity index (χ4n) is 1.53. The van der Waals surface area contributed by atoms with E-state index in [0.29, 0.717) is 5.69 Å². The fourth-order valence-corrected chi connectivity index (χ4v) is 1.77. The van der Waals surface area contributed by atoms with E-state index >= 15 is 0 Å². The number of amides is 1. The van der Waals surface area contributed by atoms with Crippen molar-refractivity contribution >= 4 is 23.2 Å². The molecule has 0 saturated heterocycles. The number of anilines is 1. The Labute approximate surface area is 114 Å². The van der Waals surface area contributed by atoms with E-state index in [9.17, 15) is 13.6 Å². The molecule has 0 fully saturated rings. The van der Waals surface area contributed by atoms with Crippen LogP contribution in [0.15, 0.2) is 36.4 Å². The summed E-state index contributed by atoms with van der Waals surface area (Å²) in [7, 11) is 0. The van der Waals surface area contributed by atoms with E-state index in [1.807, 2.05) is 19.1 Å². The number of benzene rings is 2. The lowest BCUT2D eigenvalue weighted by Crippen LogP contribution is -2.13. The van der Waals surface area contributed by atoms with E-state index in [1.54, 1.807) is 12.1 Å². The number of aryl methyl sites for hydroxylation is 1. The Morgan fingerprint density at radius 3 is 2.32 bits per heavy atom. The van der Waals surface area contributed by atoms with Crippen LogP contribution in [0.2, 0.25) is 5.02 Å². The standard InChI is InChI=1S/C14H10ClF2NO/c1-8-2-4-9(5-3-8)18-14(19)10-6-12(16)13(17)7-11(10)15/h2-7H,1H3,(H,18,19). The van der Waals surface area contributed by atoms with Crippen LogP contribution in [0.25, 0.3) is 0 Å². The molecule has 0 radical (unpaired) electrons. The number of hydrogen-bond donors (Lipinski definition) is 1. The second kappa shape index (κ2) is 5.36. The van der Waals surface area contributed by atoms with E-state index in [0.717, 1.165) is 17.7 Å². The molecule has 2 nitrogen and oxygen atoms in total. The van der Waals surface area contributed by atoms with Gasteiger partial charge in [0.25, 0.3) is 5.91 Å². The lowest BCUT2D eigenvalue weighted by atomic mass is 10.2. The topological polar surface area (TPSA) is 29.1 Å². The molecule has 5 heteroatoms. The molecule has 0 heterocycles.